The Morgan fingerprint density at radius 1 is 1.46 bits per heavy atom. The summed E-state index contributed by atoms with van der Waals surface area (Å²) >= 11 is 0. The molecule has 2 nitrogen and oxygen atoms in total. The van der Waals surface area contributed by atoms with E-state index in [1.165, 1.54) is 0 Å². The van der Waals surface area contributed by atoms with E-state index >= 15 is 0 Å². The Labute approximate surface area is 82.8 Å². The van der Waals surface area contributed by atoms with Gasteiger partial charge in [-0.25, -0.2) is 0 Å². The highest BCUT2D eigenvalue weighted by molar-refractivity contribution is 4.86. The minimum atomic E-state index is 0.197. The average molecular weight is 184 g/mol. The van der Waals surface area contributed by atoms with Gasteiger partial charge in [-0.1, -0.05) is 6.08 Å². The predicted molar refractivity (Wildman–Crippen MR) is 59.8 cm³/mol. The van der Waals surface area contributed by atoms with Crippen LogP contribution in [0.1, 0.15) is 34.1 Å². The van der Waals surface area contributed by atoms with Crippen molar-refractivity contribution >= 4 is 0 Å². The zero-order valence-electron chi connectivity index (χ0n) is 9.51. The molecule has 0 saturated carbocycles. The average Bonchev–Trinajstić information content (AvgIpc) is 1.98. The van der Waals surface area contributed by atoms with Crippen molar-refractivity contribution in [1.82, 2.24) is 4.90 Å². The molecule has 0 radical (unpaired) electrons. The first-order chi connectivity index (χ1) is 5.93. The lowest BCUT2D eigenvalue weighted by Crippen LogP contribution is -2.47. The van der Waals surface area contributed by atoms with Gasteiger partial charge in [0.25, 0.3) is 0 Å². The fraction of sp³-hybridized carbons (Fsp3) is 0.818. The molecule has 2 N–H and O–H groups in total. The van der Waals surface area contributed by atoms with Crippen molar-refractivity contribution in [3.05, 3.63) is 12.7 Å². The minimum Gasteiger partial charge on any atom is -0.330 e. The van der Waals surface area contributed by atoms with Crippen molar-refractivity contribution in [2.45, 2.75) is 45.7 Å². The molecule has 2 heteroatoms. The zero-order chi connectivity index (χ0) is 10.5. The van der Waals surface area contributed by atoms with Crippen LogP contribution in [-0.2, 0) is 0 Å². The molecule has 13 heavy (non-hydrogen) atoms. The maximum absolute atomic E-state index is 5.55. The third-order valence-electron chi connectivity index (χ3n) is 2.30. The van der Waals surface area contributed by atoms with Gasteiger partial charge in [0, 0.05) is 18.1 Å². The van der Waals surface area contributed by atoms with Crippen molar-refractivity contribution in [2.24, 2.45) is 5.73 Å². The van der Waals surface area contributed by atoms with Crippen LogP contribution < -0.4 is 5.73 Å². The lowest BCUT2D eigenvalue weighted by Gasteiger charge is -2.39. The molecule has 78 valence electrons. The molecule has 0 aromatic carbocycles. The van der Waals surface area contributed by atoms with Crippen LogP contribution in [-0.4, -0.2) is 29.6 Å². The summed E-state index contributed by atoms with van der Waals surface area (Å²) in [5, 5.41) is 0. The van der Waals surface area contributed by atoms with E-state index in [1.807, 2.05) is 6.08 Å². The second kappa shape index (κ2) is 5.40. The topological polar surface area (TPSA) is 29.3 Å². The Hall–Kier alpha value is -0.340. The maximum Gasteiger partial charge on any atom is 0.0168 e. The minimum absolute atomic E-state index is 0.197. The maximum atomic E-state index is 5.55. The standard InChI is InChI=1S/C11H24N2/c1-6-9-13(11(3,4)5)10(2)7-8-12/h6,10H,1,7-9,12H2,2-5H3. The third kappa shape index (κ3) is 4.44. The van der Waals surface area contributed by atoms with Gasteiger partial charge in [0.2, 0.25) is 0 Å². The Bertz CT molecular complexity index is 147. The van der Waals surface area contributed by atoms with Crippen LogP contribution in [0.3, 0.4) is 0 Å². The van der Waals surface area contributed by atoms with E-state index in [4.69, 9.17) is 5.73 Å². The van der Waals surface area contributed by atoms with E-state index in [0.717, 1.165) is 19.5 Å². The summed E-state index contributed by atoms with van der Waals surface area (Å²) in [6.45, 7) is 14.4. The second-order valence-corrected chi connectivity index (χ2v) is 4.54. The van der Waals surface area contributed by atoms with Crippen molar-refractivity contribution in [3.63, 3.8) is 0 Å². The molecule has 0 heterocycles. The Morgan fingerprint density at radius 3 is 2.31 bits per heavy atom. The normalized spacial score (nSPS) is 14.6. The van der Waals surface area contributed by atoms with Gasteiger partial charge in [-0.15, -0.1) is 6.58 Å². The molecule has 0 saturated heterocycles. The predicted octanol–water partition coefficient (Wildman–Crippen LogP) is 2.01. The van der Waals surface area contributed by atoms with Crippen LogP contribution in [0.4, 0.5) is 0 Å². The van der Waals surface area contributed by atoms with Gasteiger partial charge < -0.3 is 5.73 Å². The lowest BCUT2D eigenvalue weighted by molar-refractivity contribution is 0.102. The summed E-state index contributed by atoms with van der Waals surface area (Å²) in [5.74, 6) is 0. The lowest BCUT2D eigenvalue weighted by atomic mass is 10.0. The van der Waals surface area contributed by atoms with E-state index in [9.17, 15) is 0 Å². The van der Waals surface area contributed by atoms with E-state index in [1.54, 1.807) is 0 Å². The molecule has 0 aliphatic carbocycles. The molecule has 0 aliphatic heterocycles. The molecule has 0 aromatic rings. The summed E-state index contributed by atoms with van der Waals surface area (Å²) in [7, 11) is 0. The summed E-state index contributed by atoms with van der Waals surface area (Å²) in [6.07, 6.45) is 3.00. The highest BCUT2D eigenvalue weighted by atomic mass is 15.2. The van der Waals surface area contributed by atoms with E-state index in [0.29, 0.717) is 6.04 Å². The number of rotatable bonds is 5. The van der Waals surface area contributed by atoms with E-state index < -0.39 is 0 Å². The monoisotopic (exact) mass is 184 g/mol. The fourth-order valence-corrected chi connectivity index (χ4v) is 1.65. The summed E-state index contributed by atoms with van der Waals surface area (Å²) in [4.78, 5) is 2.42. The second-order valence-electron chi connectivity index (χ2n) is 4.54. The van der Waals surface area contributed by atoms with Gasteiger partial charge in [0.1, 0.15) is 0 Å². The molecule has 0 bridgehead atoms. The fourth-order valence-electron chi connectivity index (χ4n) is 1.65. The highest BCUT2D eigenvalue weighted by Gasteiger charge is 2.24. The Kier molecular flexibility index (Phi) is 5.26. The van der Waals surface area contributed by atoms with Gasteiger partial charge in [-0.2, -0.15) is 0 Å². The molecule has 1 atom stereocenters. The number of nitrogens with zero attached hydrogens (tertiary/aromatic N) is 1. The first-order valence-corrected chi connectivity index (χ1v) is 5.01. The first-order valence-electron chi connectivity index (χ1n) is 5.01. The summed E-state index contributed by atoms with van der Waals surface area (Å²) in [5.41, 5.74) is 5.75. The molecule has 0 amide bonds. The number of hydrogen-bond acceptors (Lipinski definition) is 2. The van der Waals surface area contributed by atoms with Gasteiger partial charge in [-0.3, -0.25) is 4.90 Å². The molecule has 0 spiro atoms. The van der Waals surface area contributed by atoms with Crippen molar-refractivity contribution < 1.29 is 0 Å². The van der Waals surface area contributed by atoms with Crippen molar-refractivity contribution in [2.75, 3.05) is 13.1 Å². The molecule has 0 aliphatic rings. The smallest absolute Gasteiger partial charge is 0.0168 e. The quantitative estimate of drug-likeness (QED) is 0.662. The van der Waals surface area contributed by atoms with Crippen molar-refractivity contribution in [3.8, 4) is 0 Å². The van der Waals surface area contributed by atoms with Crippen LogP contribution in [0.5, 0.6) is 0 Å². The summed E-state index contributed by atoms with van der Waals surface area (Å²) < 4.78 is 0. The third-order valence-corrected chi connectivity index (χ3v) is 2.30. The van der Waals surface area contributed by atoms with Gasteiger partial charge in [0.05, 0.1) is 0 Å². The van der Waals surface area contributed by atoms with Crippen LogP contribution in [0.2, 0.25) is 0 Å². The van der Waals surface area contributed by atoms with Crippen LogP contribution in [0.25, 0.3) is 0 Å². The molecular weight excluding hydrogens is 160 g/mol. The largest absolute Gasteiger partial charge is 0.330 e. The van der Waals surface area contributed by atoms with Crippen molar-refractivity contribution in [1.29, 1.82) is 0 Å². The molecule has 1 unspecified atom stereocenters. The number of hydrogen-bond donors (Lipinski definition) is 1. The van der Waals surface area contributed by atoms with E-state index in [2.05, 4.69) is 39.2 Å². The van der Waals surface area contributed by atoms with Gasteiger partial charge >= 0.3 is 0 Å². The van der Waals surface area contributed by atoms with Gasteiger partial charge in [-0.05, 0) is 40.7 Å². The Balaban J connectivity index is 4.31. The zero-order valence-corrected chi connectivity index (χ0v) is 9.51. The highest BCUT2D eigenvalue weighted by Crippen LogP contribution is 2.18. The first kappa shape index (κ1) is 12.7. The van der Waals surface area contributed by atoms with Crippen LogP contribution in [0.15, 0.2) is 12.7 Å². The molecule has 0 rings (SSSR count). The molecular formula is C11H24N2. The SMILES string of the molecule is C=CCN(C(C)CCN)C(C)(C)C. The summed E-state index contributed by atoms with van der Waals surface area (Å²) in [6, 6.07) is 0.531. The van der Waals surface area contributed by atoms with Crippen LogP contribution >= 0.6 is 0 Å². The van der Waals surface area contributed by atoms with Crippen LogP contribution in [0, 0.1) is 0 Å². The number of nitrogens with two attached hydrogens (primary N) is 1. The van der Waals surface area contributed by atoms with E-state index in [-0.39, 0.29) is 5.54 Å². The molecule has 0 aromatic heterocycles. The Morgan fingerprint density at radius 2 is 2.00 bits per heavy atom. The molecule has 0 fully saturated rings. The van der Waals surface area contributed by atoms with Gasteiger partial charge in [0.15, 0.2) is 0 Å².